The van der Waals surface area contributed by atoms with E-state index in [0.29, 0.717) is 6.61 Å². The summed E-state index contributed by atoms with van der Waals surface area (Å²) in [5.74, 6) is 0.930. The zero-order valence-corrected chi connectivity index (χ0v) is 12.1. The van der Waals surface area contributed by atoms with E-state index in [1.165, 1.54) is 24.8 Å². The van der Waals surface area contributed by atoms with E-state index >= 15 is 0 Å². The third-order valence-corrected chi connectivity index (χ3v) is 3.34. The maximum atomic E-state index is 5.49. The monoisotopic (exact) mass is 299 g/mol. The van der Waals surface area contributed by atoms with E-state index in [4.69, 9.17) is 10.5 Å². The highest BCUT2D eigenvalue weighted by Gasteiger charge is 2.02. The van der Waals surface area contributed by atoms with Gasteiger partial charge in [0.1, 0.15) is 5.75 Å². The minimum atomic E-state index is 0.705. The Hall–Kier alpha value is -0.540. The van der Waals surface area contributed by atoms with Crippen molar-refractivity contribution in [2.45, 2.75) is 39.0 Å². The van der Waals surface area contributed by atoms with Crippen LogP contribution in [0.15, 0.2) is 22.7 Å². The van der Waals surface area contributed by atoms with Gasteiger partial charge in [0.2, 0.25) is 0 Å². The van der Waals surface area contributed by atoms with E-state index in [1.807, 2.05) is 13.0 Å². The van der Waals surface area contributed by atoms with Crippen molar-refractivity contribution in [3.05, 3.63) is 28.2 Å². The van der Waals surface area contributed by atoms with Crippen molar-refractivity contribution in [2.75, 3.05) is 13.2 Å². The number of hydrogen-bond acceptors (Lipinski definition) is 2. The summed E-state index contributed by atoms with van der Waals surface area (Å²) in [4.78, 5) is 0. The molecule has 0 amide bonds. The summed E-state index contributed by atoms with van der Waals surface area (Å²) in [7, 11) is 0. The molecule has 0 unspecified atom stereocenters. The fourth-order valence-electron chi connectivity index (χ4n) is 1.80. The quantitative estimate of drug-likeness (QED) is 0.739. The molecule has 96 valence electrons. The number of halogens is 1. The van der Waals surface area contributed by atoms with Crippen LogP contribution in [0.25, 0.3) is 0 Å². The Labute approximate surface area is 113 Å². The maximum absolute atomic E-state index is 5.49. The van der Waals surface area contributed by atoms with Crippen LogP contribution in [0.4, 0.5) is 0 Å². The molecule has 2 N–H and O–H groups in total. The van der Waals surface area contributed by atoms with Crippen LogP contribution in [0.2, 0.25) is 0 Å². The van der Waals surface area contributed by atoms with Gasteiger partial charge in [-0.15, -0.1) is 0 Å². The Balaban J connectivity index is 2.36. The first-order chi connectivity index (χ1) is 8.27. The molecule has 1 rings (SSSR count). The second-order valence-corrected chi connectivity index (χ2v) is 5.01. The Morgan fingerprint density at radius 3 is 2.59 bits per heavy atom. The first-order valence-electron chi connectivity index (χ1n) is 6.39. The van der Waals surface area contributed by atoms with Gasteiger partial charge < -0.3 is 10.5 Å². The molecule has 0 saturated heterocycles. The standard InChI is InChI=1S/C14H22BrNO/c1-2-17-14-9-8-12(11-13(14)15)7-5-3-4-6-10-16/h8-9,11H,2-7,10,16H2,1H3. The van der Waals surface area contributed by atoms with Crippen LogP contribution in [0.1, 0.15) is 38.2 Å². The molecular formula is C14H22BrNO. The van der Waals surface area contributed by atoms with Crippen molar-refractivity contribution in [2.24, 2.45) is 5.73 Å². The molecule has 0 radical (unpaired) electrons. The Morgan fingerprint density at radius 2 is 1.94 bits per heavy atom. The fraction of sp³-hybridized carbons (Fsp3) is 0.571. The van der Waals surface area contributed by atoms with Crippen molar-refractivity contribution < 1.29 is 4.74 Å². The average molecular weight is 300 g/mol. The first-order valence-corrected chi connectivity index (χ1v) is 7.18. The van der Waals surface area contributed by atoms with Crippen LogP contribution in [-0.2, 0) is 6.42 Å². The van der Waals surface area contributed by atoms with E-state index in [1.54, 1.807) is 0 Å². The Morgan fingerprint density at radius 1 is 1.18 bits per heavy atom. The number of aryl methyl sites for hydroxylation is 1. The summed E-state index contributed by atoms with van der Waals surface area (Å²) in [6, 6.07) is 6.36. The molecular weight excluding hydrogens is 278 g/mol. The predicted octanol–water partition coefficient (Wildman–Crippen LogP) is 3.91. The second-order valence-electron chi connectivity index (χ2n) is 4.15. The lowest BCUT2D eigenvalue weighted by atomic mass is 10.1. The van der Waals surface area contributed by atoms with Gasteiger partial charge in [-0.2, -0.15) is 0 Å². The number of unbranched alkanes of at least 4 members (excludes halogenated alkanes) is 3. The number of nitrogens with two attached hydrogens (primary N) is 1. The Bertz CT molecular complexity index is 328. The van der Waals surface area contributed by atoms with E-state index in [2.05, 4.69) is 28.1 Å². The van der Waals surface area contributed by atoms with Crippen LogP contribution in [0, 0.1) is 0 Å². The highest BCUT2D eigenvalue weighted by Crippen LogP contribution is 2.26. The third-order valence-electron chi connectivity index (χ3n) is 2.72. The van der Waals surface area contributed by atoms with Gasteiger partial charge >= 0.3 is 0 Å². The van der Waals surface area contributed by atoms with Gasteiger partial charge in [-0.1, -0.05) is 18.9 Å². The lowest BCUT2D eigenvalue weighted by Gasteiger charge is -2.08. The maximum Gasteiger partial charge on any atom is 0.133 e. The number of ether oxygens (including phenoxy) is 1. The zero-order chi connectivity index (χ0) is 12.5. The summed E-state index contributed by atoms with van der Waals surface area (Å²) in [6.45, 7) is 3.52. The summed E-state index contributed by atoms with van der Waals surface area (Å²) in [5, 5.41) is 0. The van der Waals surface area contributed by atoms with Crippen molar-refractivity contribution >= 4 is 15.9 Å². The van der Waals surface area contributed by atoms with Crippen molar-refractivity contribution in [1.29, 1.82) is 0 Å². The van der Waals surface area contributed by atoms with Gasteiger partial charge in [-0.25, -0.2) is 0 Å². The molecule has 1 aromatic carbocycles. The lowest BCUT2D eigenvalue weighted by Crippen LogP contribution is -1.98. The average Bonchev–Trinajstić information content (AvgIpc) is 2.32. The van der Waals surface area contributed by atoms with Gasteiger partial charge in [0.25, 0.3) is 0 Å². The molecule has 0 spiro atoms. The summed E-state index contributed by atoms with van der Waals surface area (Å²) >= 11 is 3.54. The zero-order valence-electron chi connectivity index (χ0n) is 10.5. The van der Waals surface area contributed by atoms with E-state index in [0.717, 1.165) is 29.6 Å². The fourth-order valence-corrected chi connectivity index (χ4v) is 2.34. The van der Waals surface area contributed by atoms with E-state index in [9.17, 15) is 0 Å². The van der Waals surface area contributed by atoms with Gasteiger partial charge in [0.05, 0.1) is 11.1 Å². The molecule has 3 heteroatoms. The first kappa shape index (κ1) is 14.5. The van der Waals surface area contributed by atoms with Crippen LogP contribution in [-0.4, -0.2) is 13.2 Å². The topological polar surface area (TPSA) is 35.2 Å². The molecule has 0 fully saturated rings. The van der Waals surface area contributed by atoms with Gasteiger partial charge in [0.15, 0.2) is 0 Å². The molecule has 0 aliphatic rings. The van der Waals surface area contributed by atoms with Crippen LogP contribution in [0.5, 0.6) is 5.75 Å². The Kier molecular flexibility index (Phi) is 7.29. The number of hydrogen-bond donors (Lipinski definition) is 1. The van der Waals surface area contributed by atoms with Gasteiger partial charge in [0, 0.05) is 0 Å². The molecule has 0 heterocycles. The van der Waals surface area contributed by atoms with Gasteiger partial charge in [-0.05, 0) is 66.4 Å². The van der Waals surface area contributed by atoms with Crippen molar-refractivity contribution in [3.63, 3.8) is 0 Å². The molecule has 0 atom stereocenters. The normalized spacial score (nSPS) is 10.5. The van der Waals surface area contributed by atoms with Crippen LogP contribution < -0.4 is 10.5 Å². The predicted molar refractivity (Wildman–Crippen MR) is 76.5 cm³/mol. The molecule has 0 aromatic heterocycles. The summed E-state index contributed by atoms with van der Waals surface area (Å²) < 4.78 is 6.54. The molecule has 0 bridgehead atoms. The lowest BCUT2D eigenvalue weighted by molar-refractivity contribution is 0.338. The smallest absolute Gasteiger partial charge is 0.133 e. The van der Waals surface area contributed by atoms with E-state index < -0.39 is 0 Å². The van der Waals surface area contributed by atoms with Crippen molar-refractivity contribution in [3.8, 4) is 5.75 Å². The largest absolute Gasteiger partial charge is 0.493 e. The molecule has 1 aromatic rings. The SMILES string of the molecule is CCOc1ccc(CCCCCCN)cc1Br. The molecule has 17 heavy (non-hydrogen) atoms. The molecule has 0 saturated carbocycles. The molecule has 2 nitrogen and oxygen atoms in total. The number of benzene rings is 1. The highest BCUT2D eigenvalue weighted by atomic mass is 79.9. The highest BCUT2D eigenvalue weighted by molar-refractivity contribution is 9.10. The minimum Gasteiger partial charge on any atom is -0.493 e. The summed E-state index contributed by atoms with van der Waals surface area (Å²) in [5.41, 5.74) is 6.84. The van der Waals surface area contributed by atoms with Crippen LogP contribution in [0.3, 0.4) is 0 Å². The van der Waals surface area contributed by atoms with Crippen molar-refractivity contribution in [1.82, 2.24) is 0 Å². The second kappa shape index (κ2) is 8.54. The van der Waals surface area contributed by atoms with Crippen LogP contribution >= 0.6 is 15.9 Å². The molecule has 0 aliphatic heterocycles. The summed E-state index contributed by atoms with van der Waals surface area (Å²) in [6.07, 6.45) is 6.03. The minimum absolute atomic E-state index is 0.705. The van der Waals surface area contributed by atoms with Gasteiger partial charge in [-0.3, -0.25) is 0 Å². The van der Waals surface area contributed by atoms with E-state index in [-0.39, 0.29) is 0 Å². The molecule has 0 aliphatic carbocycles. The number of rotatable bonds is 8. The third kappa shape index (κ3) is 5.55.